The van der Waals surface area contributed by atoms with E-state index >= 15 is 0 Å². The smallest absolute Gasteiger partial charge is 0.268 e. The average Bonchev–Trinajstić information content (AvgIpc) is 2.97. The van der Waals surface area contributed by atoms with Crippen LogP contribution in [0, 0.1) is 6.92 Å². The highest BCUT2D eigenvalue weighted by Gasteiger charge is 2.32. The Morgan fingerprint density at radius 3 is 2.71 bits per heavy atom. The van der Waals surface area contributed by atoms with E-state index in [1.807, 2.05) is 23.6 Å². The van der Waals surface area contributed by atoms with Crippen LogP contribution in [0.1, 0.15) is 71.2 Å². The molecule has 2 aliphatic rings. The number of carbonyl (C=O) groups is 1. The number of nitrogens with zero attached hydrogens (tertiary/aromatic N) is 5. The molecule has 0 N–H and O–H groups in total. The van der Waals surface area contributed by atoms with E-state index in [0.29, 0.717) is 23.4 Å². The second kappa shape index (κ2) is 6.27. The molecule has 2 aromatic rings. The molecule has 1 amide bonds. The van der Waals surface area contributed by atoms with Crippen molar-refractivity contribution in [1.82, 2.24) is 24.3 Å². The first-order chi connectivity index (χ1) is 11.6. The maximum absolute atomic E-state index is 13.1. The molecule has 0 bridgehead atoms. The molecule has 24 heavy (non-hydrogen) atoms. The van der Waals surface area contributed by atoms with Crippen molar-refractivity contribution in [2.45, 2.75) is 64.0 Å². The lowest BCUT2D eigenvalue weighted by Gasteiger charge is -2.27. The molecule has 2 aromatic heterocycles. The van der Waals surface area contributed by atoms with Gasteiger partial charge in [-0.3, -0.25) is 9.48 Å². The lowest BCUT2D eigenvalue weighted by Crippen LogP contribution is -2.38. The van der Waals surface area contributed by atoms with Gasteiger partial charge in [0, 0.05) is 24.7 Å². The maximum Gasteiger partial charge on any atom is 0.268 e. The summed E-state index contributed by atoms with van der Waals surface area (Å²) in [6.07, 6.45) is 7.08. The van der Waals surface area contributed by atoms with E-state index in [4.69, 9.17) is 0 Å². The molecular formula is C17H23N5OS. The quantitative estimate of drug-likeness (QED) is 0.835. The molecule has 2 fully saturated rings. The van der Waals surface area contributed by atoms with Crippen LogP contribution in [0.5, 0.6) is 0 Å². The third kappa shape index (κ3) is 2.97. The van der Waals surface area contributed by atoms with Crippen molar-refractivity contribution in [2.75, 3.05) is 0 Å². The van der Waals surface area contributed by atoms with Gasteiger partial charge >= 0.3 is 0 Å². The molecule has 0 saturated heterocycles. The first-order valence-corrected chi connectivity index (χ1v) is 9.53. The van der Waals surface area contributed by atoms with Crippen molar-refractivity contribution in [2.24, 2.45) is 7.05 Å². The molecule has 7 heteroatoms. The van der Waals surface area contributed by atoms with Crippen LogP contribution < -0.4 is 0 Å². The van der Waals surface area contributed by atoms with Gasteiger partial charge in [-0.1, -0.05) is 17.3 Å². The van der Waals surface area contributed by atoms with Crippen molar-refractivity contribution < 1.29 is 4.79 Å². The van der Waals surface area contributed by atoms with Gasteiger partial charge in [0.15, 0.2) is 0 Å². The molecule has 0 aromatic carbocycles. The van der Waals surface area contributed by atoms with E-state index < -0.39 is 0 Å². The molecule has 4 rings (SSSR count). The summed E-state index contributed by atoms with van der Waals surface area (Å²) < 4.78 is 5.92. The van der Waals surface area contributed by atoms with Crippen molar-refractivity contribution >= 4 is 17.4 Å². The van der Waals surface area contributed by atoms with Gasteiger partial charge in [0.05, 0.1) is 17.9 Å². The molecule has 0 atom stereocenters. The Kier molecular flexibility index (Phi) is 4.12. The summed E-state index contributed by atoms with van der Waals surface area (Å²) in [6, 6.07) is 2.50. The number of hydrogen-bond donors (Lipinski definition) is 0. The predicted octanol–water partition coefficient (Wildman–Crippen LogP) is 3.04. The first kappa shape index (κ1) is 15.7. The van der Waals surface area contributed by atoms with E-state index in [1.54, 1.807) is 0 Å². The third-order valence-electron chi connectivity index (χ3n) is 5.17. The number of rotatable bonds is 5. The van der Waals surface area contributed by atoms with E-state index in [1.165, 1.54) is 42.9 Å². The Morgan fingerprint density at radius 1 is 1.33 bits per heavy atom. The Bertz CT molecular complexity index is 742. The van der Waals surface area contributed by atoms with E-state index in [9.17, 15) is 4.79 Å². The highest BCUT2D eigenvalue weighted by Crippen LogP contribution is 2.40. The zero-order valence-electron chi connectivity index (χ0n) is 14.2. The number of amides is 1. The minimum atomic E-state index is 0.0630. The number of aromatic nitrogens is 4. The minimum absolute atomic E-state index is 0.0630. The largest absolute Gasteiger partial charge is 0.329 e. The molecule has 2 saturated carbocycles. The fourth-order valence-corrected chi connectivity index (χ4v) is 4.31. The molecular weight excluding hydrogens is 322 g/mol. The fraction of sp³-hybridized carbons (Fsp3) is 0.647. The van der Waals surface area contributed by atoms with Crippen LogP contribution in [0.25, 0.3) is 0 Å². The highest BCUT2D eigenvalue weighted by atomic mass is 32.1. The Morgan fingerprint density at radius 2 is 2.08 bits per heavy atom. The molecule has 128 valence electrons. The van der Waals surface area contributed by atoms with Gasteiger partial charge in [0.2, 0.25) is 0 Å². The van der Waals surface area contributed by atoms with E-state index in [2.05, 4.69) is 20.8 Å². The fourth-order valence-electron chi connectivity index (χ4n) is 3.70. The SMILES string of the molecule is Cc1nnsc1C(=O)N(Cc1cc(C2CC2)n(C)n1)C1CCCC1. The molecule has 0 spiro atoms. The summed E-state index contributed by atoms with van der Waals surface area (Å²) in [5, 5.41) is 8.67. The monoisotopic (exact) mass is 345 g/mol. The lowest BCUT2D eigenvalue weighted by molar-refractivity contribution is 0.0665. The summed E-state index contributed by atoms with van der Waals surface area (Å²) in [5.41, 5.74) is 3.03. The van der Waals surface area contributed by atoms with Gasteiger partial charge in [0.1, 0.15) is 4.88 Å². The first-order valence-electron chi connectivity index (χ1n) is 8.76. The standard InChI is InChI=1S/C17H23N5OS/c1-11-16(24-20-18-11)17(23)22(14-5-3-4-6-14)10-13-9-15(12-7-8-12)21(2)19-13/h9,12,14H,3-8,10H2,1-2H3. The van der Waals surface area contributed by atoms with Gasteiger partial charge < -0.3 is 4.90 Å². The summed E-state index contributed by atoms with van der Waals surface area (Å²) in [4.78, 5) is 15.8. The van der Waals surface area contributed by atoms with Crippen LogP contribution in [0.15, 0.2) is 6.07 Å². The van der Waals surface area contributed by atoms with Crippen molar-refractivity contribution in [3.63, 3.8) is 0 Å². The Labute approximate surface area is 146 Å². The van der Waals surface area contributed by atoms with Crippen LogP contribution in [0.4, 0.5) is 0 Å². The van der Waals surface area contributed by atoms with Crippen LogP contribution >= 0.6 is 11.5 Å². The summed E-state index contributed by atoms with van der Waals surface area (Å²) in [6.45, 7) is 2.44. The van der Waals surface area contributed by atoms with E-state index in [-0.39, 0.29) is 5.91 Å². The topological polar surface area (TPSA) is 63.9 Å². The second-order valence-electron chi connectivity index (χ2n) is 7.02. The van der Waals surface area contributed by atoms with Crippen molar-refractivity contribution in [1.29, 1.82) is 0 Å². The summed E-state index contributed by atoms with van der Waals surface area (Å²) >= 11 is 1.20. The summed E-state index contributed by atoms with van der Waals surface area (Å²) in [7, 11) is 2.01. The van der Waals surface area contributed by atoms with Crippen molar-refractivity contribution in [3.05, 3.63) is 28.0 Å². The Balaban J connectivity index is 1.59. The third-order valence-corrected chi connectivity index (χ3v) is 5.98. The highest BCUT2D eigenvalue weighted by molar-refractivity contribution is 7.07. The lowest BCUT2D eigenvalue weighted by atomic mass is 10.1. The minimum Gasteiger partial charge on any atom is -0.329 e. The number of carbonyl (C=O) groups excluding carboxylic acids is 1. The number of hydrogen-bond acceptors (Lipinski definition) is 5. The van der Waals surface area contributed by atoms with Crippen LogP contribution in [0.2, 0.25) is 0 Å². The molecule has 0 unspecified atom stereocenters. The predicted molar refractivity (Wildman–Crippen MR) is 92.0 cm³/mol. The van der Waals surface area contributed by atoms with Gasteiger partial charge in [-0.05, 0) is 50.2 Å². The molecule has 2 heterocycles. The second-order valence-corrected chi connectivity index (χ2v) is 7.77. The number of aryl methyl sites for hydroxylation is 2. The molecule has 2 aliphatic carbocycles. The van der Waals surface area contributed by atoms with Gasteiger partial charge in [0.25, 0.3) is 5.91 Å². The van der Waals surface area contributed by atoms with E-state index in [0.717, 1.165) is 24.2 Å². The van der Waals surface area contributed by atoms with Gasteiger partial charge in [-0.15, -0.1) is 5.10 Å². The van der Waals surface area contributed by atoms with Crippen LogP contribution in [0.3, 0.4) is 0 Å². The van der Waals surface area contributed by atoms with Crippen molar-refractivity contribution in [3.8, 4) is 0 Å². The zero-order valence-corrected chi connectivity index (χ0v) is 15.1. The Hall–Kier alpha value is -1.76. The van der Waals surface area contributed by atoms with Gasteiger partial charge in [-0.25, -0.2) is 0 Å². The average molecular weight is 345 g/mol. The molecule has 0 aliphatic heterocycles. The normalized spacial score (nSPS) is 18.2. The van der Waals surface area contributed by atoms with Gasteiger partial charge in [-0.2, -0.15) is 5.10 Å². The van der Waals surface area contributed by atoms with Crippen LogP contribution in [-0.2, 0) is 13.6 Å². The summed E-state index contributed by atoms with van der Waals surface area (Å²) in [5.74, 6) is 0.729. The zero-order chi connectivity index (χ0) is 16.7. The maximum atomic E-state index is 13.1. The molecule has 0 radical (unpaired) electrons. The van der Waals surface area contributed by atoms with Crippen LogP contribution in [-0.4, -0.2) is 36.2 Å². The molecule has 6 nitrogen and oxygen atoms in total.